The fourth-order valence-electron chi connectivity index (χ4n) is 1.98. The first-order valence-electron chi connectivity index (χ1n) is 6.54. The van der Waals surface area contributed by atoms with Gasteiger partial charge in [0.25, 0.3) is 0 Å². The van der Waals surface area contributed by atoms with Gasteiger partial charge in [0.15, 0.2) is 0 Å². The van der Waals surface area contributed by atoms with Crippen LogP contribution in [0.1, 0.15) is 39.2 Å². The molecule has 1 rings (SSSR count). The number of rotatable bonds is 7. The molecule has 0 aliphatic rings. The zero-order chi connectivity index (χ0) is 12.7. The standard InChI is InChI=1S/C15H25NO/c1-12(2)11-13(3)17-10-4-5-14-6-8-15(16)9-7-14/h6-9,12-13H,4-5,10-11,16H2,1-3H3. The summed E-state index contributed by atoms with van der Waals surface area (Å²) in [6, 6.07) is 8.09. The van der Waals surface area contributed by atoms with Gasteiger partial charge in [-0.15, -0.1) is 0 Å². The van der Waals surface area contributed by atoms with Gasteiger partial charge in [-0.05, 0) is 49.8 Å². The van der Waals surface area contributed by atoms with Gasteiger partial charge in [-0.3, -0.25) is 0 Å². The maximum atomic E-state index is 5.77. The molecular weight excluding hydrogens is 210 g/mol. The summed E-state index contributed by atoms with van der Waals surface area (Å²) in [5.74, 6) is 0.710. The quantitative estimate of drug-likeness (QED) is 0.578. The smallest absolute Gasteiger partial charge is 0.0549 e. The van der Waals surface area contributed by atoms with Gasteiger partial charge in [-0.1, -0.05) is 26.0 Å². The van der Waals surface area contributed by atoms with Gasteiger partial charge in [0.1, 0.15) is 0 Å². The number of ether oxygens (including phenoxy) is 1. The Labute approximate surface area is 105 Å². The highest BCUT2D eigenvalue weighted by Gasteiger charge is 2.04. The predicted molar refractivity (Wildman–Crippen MR) is 74.0 cm³/mol. The molecular formula is C15H25NO. The number of nitrogen functional groups attached to an aromatic ring is 1. The van der Waals surface area contributed by atoms with Gasteiger partial charge in [0, 0.05) is 12.3 Å². The fraction of sp³-hybridized carbons (Fsp3) is 0.600. The van der Waals surface area contributed by atoms with Crippen molar-refractivity contribution in [3.63, 3.8) is 0 Å². The molecule has 0 bridgehead atoms. The molecule has 1 atom stereocenters. The highest BCUT2D eigenvalue weighted by atomic mass is 16.5. The number of hydrogen-bond acceptors (Lipinski definition) is 2. The van der Waals surface area contributed by atoms with Crippen molar-refractivity contribution in [1.82, 2.24) is 0 Å². The maximum absolute atomic E-state index is 5.77. The summed E-state index contributed by atoms with van der Waals surface area (Å²) in [6.45, 7) is 7.46. The first-order chi connectivity index (χ1) is 8.08. The van der Waals surface area contributed by atoms with E-state index in [4.69, 9.17) is 10.5 Å². The van der Waals surface area contributed by atoms with Crippen molar-refractivity contribution in [2.24, 2.45) is 5.92 Å². The number of anilines is 1. The lowest BCUT2D eigenvalue weighted by Crippen LogP contribution is -2.12. The molecule has 0 radical (unpaired) electrons. The lowest BCUT2D eigenvalue weighted by molar-refractivity contribution is 0.0506. The molecule has 0 heterocycles. The lowest BCUT2D eigenvalue weighted by atomic mass is 10.1. The molecule has 0 saturated carbocycles. The molecule has 2 N–H and O–H groups in total. The van der Waals surface area contributed by atoms with Crippen LogP contribution >= 0.6 is 0 Å². The fourth-order valence-corrected chi connectivity index (χ4v) is 1.98. The molecule has 0 aliphatic carbocycles. The van der Waals surface area contributed by atoms with E-state index in [1.165, 1.54) is 5.56 Å². The zero-order valence-electron chi connectivity index (χ0n) is 11.3. The monoisotopic (exact) mass is 235 g/mol. The Hall–Kier alpha value is -1.02. The molecule has 1 aromatic rings. The third kappa shape index (κ3) is 6.32. The normalized spacial score (nSPS) is 12.9. The van der Waals surface area contributed by atoms with Crippen LogP contribution in [0.4, 0.5) is 5.69 Å². The van der Waals surface area contributed by atoms with E-state index in [1.807, 2.05) is 12.1 Å². The van der Waals surface area contributed by atoms with E-state index in [0.29, 0.717) is 12.0 Å². The van der Waals surface area contributed by atoms with Gasteiger partial charge >= 0.3 is 0 Å². The summed E-state index contributed by atoms with van der Waals surface area (Å²) < 4.78 is 5.77. The number of hydrogen-bond donors (Lipinski definition) is 1. The van der Waals surface area contributed by atoms with Crippen molar-refractivity contribution >= 4 is 5.69 Å². The van der Waals surface area contributed by atoms with E-state index < -0.39 is 0 Å². The van der Waals surface area contributed by atoms with Crippen LogP contribution in [0.15, 0.2) is 24.3 Å². The Bertz CT molecular complexity index is 305. The summed E-state index contributed by atoms with van der Waals surface area (Å²) in [6.07, 6.45) is 3.66. The molecule has 0 saturated heterocycles. The average Bonchev–Trinajstić information content (AvgIpc) is 2.26. The molecule has 0 spiro atoms. The highest BCUT2D eigenvalue weighted by molar-refractivity contribution is 5.39. The maximum Gasteiger partial charge on any atom is 0.0549 e. The lowest BCUT2D eigenvalue weighted by Gasteiger charge is -2.14. The summed E-state index contributed by atoms with van der Waals surface area (Å²) in [7, 11) is 0. The van der Waals surface area contributed by atoms with Crippen LogP contribution in [-0.2, 0) is 11.2 Å². The molecule has 0 fully saturated rings. The molecule has 1 aromatic carbocycles. The van der Waals surface area contributed by atoms with E-state index in [0.717, 1.165) is 31.6 Å². The summed E-state index contributed by atoms with van der Waals surface area (Å²) in [5, 5.41) is 0. The van der Waals surface area contributed by atoms with Gasteiger partial charge in [0.05, 0.1) is 6.10 Å². The van der Waals surface area contributed by atoms with Crippen molar-refractivity contribution in [1.29, 1.82) is 0 Å². The van der Waals surface area contributed by atoms with E-state index in [-0.39, 0.29) is 0 Å². The van der Waals surface area contributed by atoms with Gasteiger partial charge in [0.2, 0.25) is 0 Å². The second kappa shape index (κ2) is 7.33. The Balaban J connectivity index is 2.13. The number of aryl methyl sites for hydroxylation is 1. The Morgan fingerprint density at radius 2 is 1.76 bits per heavy atom. The summed E-state index contributed by atoms with van der Waals surface area (Å²) in [4.78, 5) is 0. The van der Waals surface area contributed by atoms with Crippen molar-refractivity contribution < 1.29 is 4.74 Å². The van der Waals surface area contributed by atoms with Crippen LogP contribution in [0.2, 0.25) is 0 Å². The zero-order valence-corrected chi connectivity index (χ0v) is 11.3. The Kier molecular flexibility index (Phi) is 6.06. The minimum Gasteiger partial charge on any atom is -0.399 e. The largest absolute Gasteiger partial charge is 0.399 e. The molecule has 2 heteroatoms. The highest BCUT2D eigenvalue weighted by Crippen LogP contribution is 2.10. The third-order valence-corrected chi connectivity index (χ3v) is 2.80. The SMILES string of the molecule is CC(C)CC(C)OCCCc1ccc(N)cc1. The topological polar surface area (TPSA) is 35.2 Å². The van der Waals surface area contributed by atoms with Crippen LogP contribution in [0.25, 0.3) is 0 Å². The van der Waals surface area contributed by atoms with Gasteiger partial charge in [-0.25, -0.2) is 0 Å². The molecule has 2 nitrogen and oxygen atoms in total. The minimum absolute atomic E-state index is 0.376. The first-order valence-corrected chi connectivity index (χ1v) is 6.54. The van der Waals surface area contributed by atoms with E-state index >= 15 is 0 Å². The number of benzene rings is 1. The summed E-state index contributed by atoms with van der Waals surface area (Å²) in [5.41, 5.74) is 7.80. The molecule has 1 unspecified atom stereocenters. The van der Waals surface area contributed by atoms with Gasteiger partial charge in [-0.2, -0.15) is 0 Å². The van der Waals surface area contributed by atoms with Crippen LogP contribution in [0, 0.1) is 5.92 Å². The van der Waals surface area contributed by atoms with E-state index in [1.54, 1.807) is 0 Å². The van der Waals surface area contributed by atoms with Crippen LogP contribution < -0.4 is 5.73 Å². The van der Waals surface area contributed by atoms with Crippen molar-refractivity contribution in [3.05, 3.63) is 29.8 Å². The van der Waals surface area contributed by atoms with Crippen molar-refractivity contribution in [2.45, 2.75) is 46.1 Å². The molecule has 0 aromatic heterocycles. The minimum atomic E-state index is 0.376. The van der Waals surface area contributed by atoms with E-state index in [2.05, 4.69) is 32.9 Å². The van der Waals surface area contributed by atoms with Crippen molar-refractivity contribution in [3.8, 4) is 0 Å². The van der Waals surface area contributed by atoms with Gasteiger partial charge < -0.3 is 10.5 Å². The molecule has 0 amide bonds. The molecule has 17 heavy (non-hydrogen) atoms. The van der Waals surface area contributed by atoms with Crippen molar-refractivity contribution in [2.75, 3.05) is 12.3 Å². The second-order valence-electron chi connectivity index (χ2n) is 5.16. The second-order valence-corrected chi connectivity index (χ2v) is 5.16. The van der Waals surface area contributed by atoms with Crippen LogP contribution in [0.3, 0.4) is 0 Å². The predicted octanol–water partition coefficient (Wildman–Crippen LogP) is 3.65. The molecule has 96 valence electrons. The van der Waals surface area contributed by atoms with Crippen LogP contribution in [-0.4, -0.2) is 12.7 Å². The summed E-state index contributed by atoms with van der Waals surface area (Å²) >= 11 is 0. The van der Waals surface area contributed by atoms with E-state index in [9.17, 15) is 0 Å². The Morgan fingerprint density at radius 3 is 2.35 bits per heavy atom. The molecule has 0 aliphatic heterocycles. The third-order valence-electron chi connectivity index (χ3n) is 2.80. The number of nitrogens with two attached hydrogens (primary N) is 1. The Morgan fingerprint density at radius 1 is 1.12 bits per heavy atom. The first kappa shape index (κ1) is 14.0. The van der Waals surface area contributed by atoms with Crippen LogP contribution in [0.5, 0.6) is 0 Å². The average molecular weight is 235 g/mol.